The normalized spacial score (nSPS) is 17.2. The smallest absolute Gasteiger partial charge is 0.449 e. The summed E-state index contributed by atoms with van der Waals surface area (Å²) in [6.45, 7) is 6.85. The monoisotopic (exact) mass is 324 g/mol. The third-order valence-corrected chi connectivity index (χ3v) is 3.27. The van der Waals surface area contributed by atoms with Crippen LogP contribution in [0.1, 0.15) is 33.6 Å². The molecule has 0 bridgehead atoms. The summed E-state index contributed by atoms with van der Waals surface area (Å²) in [5.41, 5.74) is -0.200. The van der Waals surface area contributed by atoms with Gasteiger partial charge in [0, 0.05) is 12.6 Å². The second-order valence-electron chi connectivity index (χ2n) is 6.64. The number of esters is 1. The maximum Gasteiger partial charge on any atom is 0.490 e. The van der Waals surface area contributed by atoms with Crippen molar-refractivity contribution >= 4 is 11.9 Å². The van der Waals surface area contributed by atoms with Crippen molar-refractivity contribution < 1.29 is 27.5 Å². The predicted octanol–water partition coefficient (Wildman–Crippen LogP) is 1.72. The minimum Gasteiger partial charge on any atom is -0.449 e. The van der Waals surface area contributed by atoms with Gasteiger partial charge in [-0.05, 0) is 31.3 Å². The Hall–Kier alpha value is -1.31. The molecular formula is C14H23F3N2O3. The lowest BCUT2D eigenvalue weighted by atomic mass is 9.93. The highest BCUT2D eigenvalue weighted by Gasteiger charge is 2.41. The summed E-state index contributed by atoms with van der Waals surface area (Å²) < 4.78 is 40.4. The van der Waals surface area contributed by atoms with Crippen LogP contribution in [0.25, 0.3) is 0 Å². The molecule has 5 nitrogen and oxygen atoms in total. The van der Waals surface area contributed by atoms with E-state index in [1.165, 1.54) is 0 Å². The zero-order valence-corrected chi connectivity index (χ0v) is 13.1. The van der Waals surface area contributed by atoms with Crippen LogP contribution in [0.2, 0.25) is 0 Å². The predicted molar refractivity (Wildman–Crippen MR) is 74.1 cm³/mol. The van der Waals surface area contributed by atoms with Gasteiger partial charge in [0.1, 0.15) is 0 Å². The van der Waals surface area contributed by atoms with E-state index in [-0.39, 0.29) is 11.5 Å². The van der Waals surface area contributed by atoms with Crippen LogP contribution >= 0.6 is 0 Å². The Labute approximate surface area is 128 Å². The summed E-state index contributed by atoms with van der Waals surface area (Å²) in [7, 11) is 0. The highest BCUT2D eigenvalue weighted by molar-refractivity contribution is 5.82. The third kappa shape index (κ3) is 6.21. The van der Waals surface area contributed by atoms with Crippen LogP contribution in [0.15, 0.2) is 0 Å². The molecule has 22 heavy (non-hydrogen) atoms. The van der Waals surface area contributed by atoms with Crippen molar-refractivity contribution in [1.82, 2.24) is 10.2 Å². The first-order chi connectivity index (χ1) is 10.0. The molecule has 1 rings (SSSR count). The number of alkyl halides is 3. The molecule has 8 heteroatoms. The Balaban J connectivity index is 2.69. The molecule has 1 fully saturated rings. The van der Waals surface area contributed by atoms with Crippen molar-refractivity contribution in [2.45, 2.75) is 45.8 Å². The Kier molecular flexibility index (Phi) is 6.22. The van der Waals surface area contributed by atoms with Gasteiger partial charge in [0.25, 0.3) is 5.91 Å². The van der Waals surface area contributed by atoms with E-state index in [0.717, 1.165) is 25.9 Å². The number of hydrogen-bond donors (Lipinski definition) is 1. The lowest BCUT2D eigenvalue weighted by Gasteiger charge is -2.38. The van der Waals surface area contributed by atoms with Gasteiger partial charge in [-0.2, -0.15) is 13.2 Å². The van der Waals surface area contributed by atoms with Crippen LogP contribution in [-0.2, 0) is 14.3 Å². The van der Waals surface area contributed by atoms with Crippen LogP contribution in [0, 0.1) is 5.41 Å². The number of nitrogens with zero attached hydrogens (tertiary/aromatic N) is 1. The van der Waals surface area contributed by atoms with E-state index in [9.17, 15) is 22.8 Å². The maximum atomic E-state index is 12.2. The van der Waals surface area contributed by atoms with Crippen LogP contribution < -0.4 is 5.32 Å². The van der Waals surface area contributed by atoms with Gasteiger partial charge in [-0.3, -0.25) is 4.79 Å². The second kappa shape index (κ2) is 7.30. The van der Waals surface area contributed by atoms with Gasteiger partial charge in [0.15, 0.2) is 6.61 Å². The quantitative estimate of drug-likeness (QED) is 0.800. The van der Waals surface area contributed by atoms with E-state index >= 15 is 0 Å². The van der Waals surface area contributed by atoms with E-state index in [2.05, 4.69) is 10.1 Å². The van der Waals surface area contributed by atoms with Crippen molar-refractivity contribution in [2.24, 2.45) is 5.41 Å². The Bertz CT molecular complexity index is 399. The summed E-state index contributed by atoms with van der Waals surface area (Å²) in [6, 6.07) is -0.0439. The molecule has 1 aliphatic rings. The molecule has 0 unspecified atom stereocenters. The number of amides is 1. The fourth-order valence-corrected chi connectivity index (χ4v) is 2.34. The average molecular weight is 324 g/mol. The number of hydrogen-bond acceptors (Lipinski definition) is 4. The van der Waals surface area contributed by atoms with Crippen molar-refractivity contribution in [3.05, 3.63) is 0 Å². The summed E-state index contributed by atoms with van der Waals surface area (Å²) in [5, 5.41) is 3.17. The number of rotatable bonds is 4. The zero-order chi connectivity index (χ0) is 17.0. The number of ether oxygens (including phenoxy) is 1. The highest BCUT2D eigenvalue weighted by atomic mass is 19.4. The minimum absolute atomic E-state index is 0.0439. The molecule has 1 N–H and O–H groups in total. The summed E-state index contributed by atoms with van der Waals surface area (Å²) in [5.74, 6) is -2.92. The first kappa shape index (κ1) is 18.7. The Morgan fingerprint density at radius 1 is 1.18 bits per heavy atom. The van der Waals surface area contributed by atoms with E-state index in [1.807, 2.05) is 20.8 Å². The van der Waals surface area contributed by atoms with Crippen LogP contribution in [0.5, 0.6) is 0 Å². The maximum absolute atomic E-state index is 12.2. The van der Waals surface area contributed by atoms with E-state index < -0.39 is 24.7 Å². The third-order valence-electron chi connectivity index (χ3n) is 3.27. The molecular weight excluding hydrogens is 301 g/mol. The van der Waals surface area contributed by atoms with Crippen molar-refractivity contribution in [3.8, 4) is 0 Å². The van der Waals surface area contributed by atoms with Gasteiger partial charge >= 0.3 is 12.1 Å². The van der Waals surface area contributed by atoms with E-state index in [0.29, 0.717) is 6.54 Å². The summed E-state index contributed by atoms with van der Waals surface area (Å²) >= 11 is 0. The Morgan fingerprint density at radius 2 is 1.73 bits per heavy atom. The molecule has 0 aromatic carbocycles. The number of piperidine rings is 1. The Morgan fingerprint density at radius 3 is 2.18 bits per heavy atom. The van der Waals surface area contributed by atoms with Gasteiger partial charge in [0.05, 0.1) is 0 Å². The van der Waals surface area contributed by atoms with Gasteiger partial charge in [-0.25, -0.2) is 4.79 Å². The summed E-state index contributed by atoms with van der Waals surface area (Å²) in [6.07, 6.45) is -3.62. The first-order valence-electron chi connectivity index (χ1n) is 7.25. The van der Waals surface area contributed by atoms with Gasteiger partial charge in [-0.1, -0.05) is 20.8 Å². The second-order valence-corrected chi connectivity index (χ2v) is 6.64. The molecule has 128 valence electrons. The molecule has 0 aliphatic carbocycles. The molecule has 0 radical (unpaired) electrons. The van der Waals surface area contributed by atoms with Crippen molar-refractivity contribution in [2.75, 3.05) is 26.2 Å². The van der Waals surface area contributed by atoms with Gasteiger partial charge in [0.2, 0.25) is 0 Å². The highest BCUT2D eigenvalue weighted by Crippen LogP contribution is 2.22. The molecule has 0 atom stereocenters. The number of nitrogens with one attached hydrogen (secondary N) is 1. The molecule has 1 heterocycles. The van der Waals surface area contributed by atoms with E-state index in [1.54, 1.807) is 4.90 Å². The van der Waals surface area contributed by atoms with Crippen molar-refractivity contribution in [3.63, 3.8) is 0 Å². The standard InChI is InChI=1S/C14H23F3N2O3/c1-13(2,3)9-19(10-4-6-18-7-5-10)11(20)8-22-12(21)14(15,16)17/h10,18H,4-9H2,1-3H3. The van der Waals surface area contributed by atoms with Gasteiger partial charge in [-0.15, -0.1) is 0 Å². The van der Waals surface area contributed by atoms with Crippen LogP contribution in [0.3, 0.4) is 0 Å². The van der Waals surface area contributed by atoms with Crippen molar-refractivity contribution in [1.29, 1.82) is 0 Å². The lowest BCUT2D eigenvalue weighted by Crippen LogP contribution is -2.50. The van der Waals surface area contributed by atoms with Gasteiger partial charge < -0.3 is 15.0 Å². The van der Waals surface area contributed by atoms with Crippen LogP contribution in [-0.4, -0.2) is 55.2 Å². The number of halogens is 3. The minimum atomic E-state index is -5.08. The summed E-state index contributed by atoms with van der Waals surface area (Å²) in [4.78, 5) is 24.5. The largest absolute Gasteiger partial charge is 0.490 e. The molecule has 0 aromatic rings. The fraction of sp³-hybridized carbons (Fsp3) is 0.857. The lowest BCUT2D eigenvalue weighted by molar-refractivity contribution is -0.200. The topological polar surface area (TPSA) is 58.6 Å². The molecule has 1 amide bonds. The molecule has 0 aromatic heterocycles. The SMILES string of the molecule is CC(C)(C)CN(C(=O)COC(=O)C(F)(F)F)C1CCNCC1. The van der Waals surface area contributed by atoms with E-state index in [4.69, 9.17) is 0 Å². The average Bonchev–Trinajstić information content (AvgIpc) is 2.40. The molecule has 0 saturated carbocycles. The molecule has 0 spiro atoms. The molecule has 1 aliphatic heterocycles. The first-order valence-corrected chi connectivity index (χ1v) is 7.25. The van der Waals surface area contributed by atoms with Crippen LogP contribution in [0.4, 0.5) is 13.2 Å². The molecule has 1 saturated heterocycles. The number of carbonyl (C=O) groups excluding carboxylic acids is 2. The fourth-order valence-electron chi connectivity index (χ4n) is 2.34. The zero-order valence-electron chi connectivity index (χ0n) is 13.1. The number of carbonyl (C=O) groups is 2.